The minimum atomic E-state index is -3.90. The molecule has 0 heterocycles. The smallest absolute Gasteiger partial charge is 0.270 e. The van der Waals surface area contributed by atoms with E-state index in [4.69, 9.17) is 16.3 Å². The molecule has 0 saturated heterocycles. The first kappa shape index (κ1) is 18.3. The fourth-order valence-corrected chi connectivity index (χ4v) is 3.43. The van der Waals surface area contributed by atoms with Crippen LogP contribution in [0.5, 0.6) is 5.75 Å². The number of nitrogens with one attached hydrogen (secondary N) is 2. The van der Waals surface area contributed by atoms with Crippen LogP contribution in [0.15, 0.2) is 41.3 Å². The fourth-order valence-electron chi connectivity index (χ4n) is 2.19. The molecule has 8 heteroatoms. The van der Waals surface area contributed by atoms with Crippen LogP contribution in [0, 0.1) is 13.8 Å². The summed E-state index contributed by atoms with van der Waals surface area (Å²) < 4.78 is 29.8. The van der Waals surface area contributed by atoms with Crippen molar-refractivity contribution in [2.75, 3.05) is 7.11 Å². The predicted octanol–water partition coefficient (Wildman–Crippen LogP) is 2.59. The highest BCUT2D eigenvalue weighted by Crippen LogP contribution is 2.22. The Hall–Kier alpha value is -2.09. The Morgan fingerprint density at radius 2 is 1.83 bits per heavy atom. The van der Waals surface area contributed by atoms with Gasteiger partial charge in [0, 0.05) is 5.02 Å². The molecule has 0 aliphatic carbocycles. The van der Waals surface area contributed by atoms with Crippen molar-refractivity contribution < 1.29 is 17.9 Å². The van der Waals surface area contributed by atoms with E-state index >= 15 is 0 Å². The van der Waals surface area contributed by atoms with Gasteiger partial charge in [-0.1, -0.05) is 29.3 Å². The van der Waals surface area contributed by atoms with Gasteiger partial charge in [-0.3, -0.25) is 10.2 Å². The van der Waals surface area contributed by atoms with Crippen LogP contribution in [0.3, 0.4) is 0 Å². The van der Waals surface area contributed by atoms with Crippen LogP contribution in [-0.2, 0) is 10.0 Å². The standard InChI is InChI=1S/C16H17ClN2O4S/c1-10-4-7-15(11(2)8-10)24(21,22)19-18-16(20)13-9-12(17)5-6-14(13)23-3/h4-9,19H,1-3H3,(H,18,20). The summed E-state index contributed by atoms with van der Waals surface area (Å²) in [5, 5.41) is 0.332. The Morgan fingerprint density at radius 3 is 2.46 bits per heavy atom. The molecular weight excluding hydrogens is 352 g/mol. The number of carbonyl (C=O) groups is 1. The number of hydrazine groups is 1. The van der Waals surface area contributed by atoms with Crippen molar-refractivity contribution in [2.24, 2.45) is 0 Å². The Labute approximate surface area is 145 Å². The lowest BCUT2D eigenvalue weighted by Gasteiger charge is -2.12. The molecule has 0 saturated carbocycles. The van der Waals surface area contributed by atoms with E-state index in [1.165, 1.54) is 25.3 Å². The summed E-state index contributed by atoms with van der Waals surface area (Å²) >= 11 is 5.87. The summed E-state index contributed by atoms with van der Waals surface area (Å²) in [5.41, 5.74) is 3.81. The molecule has 0 atom stereocenters. The number of ether oxygens (including phenoxy) is 1. The third-order valence-electron chi connectivity index (χ3n) is 3.33. The lowest BCUT2D eigenvalue weighted by Crippen LogP contribution is -2.41. The largest absolute Gasteiger partial charge is 0.496 e. The van der Waals surface area contributed by atoms with Gasteiger partial charge >= 0.3 is 0 Å². The fraction of sp³-hybridized carbons (Fsp3) is 0.188. The number of halogens is 1. The highest BCUT2D eigenvalue weighted by atomic mass is 35.5. The number of benzene rings is 2. The van der Waals surface area contributed by atoms with Gasteiger partial charge in [0.15, 0.2) is 0 Å². The molecule has 0 unspecified atom stereocenters. The lowest BCUT2D eigenvalue weighted by molar-refractivity contribution is 0.0942. The van der Waals surface area contributed by atoms with E-state index in [1.54, 1.807) is 25.1 Å². The summed E-state index contributed by atoms with van der Waals surface area (Å²) in [4.78, 5) is 14.4. The first-order chi connectivity index (χ1) is 11.2. The molecule has 0 aromatic heterocycles. The molecule has 0 fully saturated rings. The number of sulfonamides is 1. The Morgan fingerprint density at radius 1 is 1.12 bits per heavy atom. The van der Waals surface area contributed by atoms with Gasteiger partial charge in [-0.15, -0.1) is 4.83 Å². The van der Waals surface area contributed by atoms with Gasteiger partial charge in [-0.05, 0) is 43.7 Å². The van der Waals surface area contributed by atoms with E-state index in [0.29, 0.717) is 10.6 Å². The third-order valence-corrected chi connectivity index (χ3v) is 4.97. The van der Waals surface area contributed by atoms with Crippen molar-refractivity contribution in [3.63, 3.8) is 0 Å². The zero-order valence-corrected chi connectivity index (χ0v) is 15.0. The minimum absolute atomic E-state index is 0.0893. The van der Waals surface area contributed by atoms with Crippen LogP contribution in [0.1, 0.15) is 21.5 Å². The molecule has 2 N–H and O–H groups in total. The van der Waals surface area contributed by atoms with Crippen LogP contribution in [-0.4, -0.2) is 21.4 Å². The number of aryl methyl sites for hydroxylation is 2. The molecule has 2 aromatic carbocycles. The van der Waals surface area contributed by atoms with Crippen LogP contribution < -0.4 is 15.0 Å². The maximum absolute atomic E-state index is 12.3. The summed E-state index contributed by atoms with van der Waals surface area (Å²) in [6.45, 7) is 3.55. The van der Waals surface area contributed by atoms with Gasteiger partial charge in [0.2, 0.25) is 0 Å². The molecule has 24 heavy (non-hydrogen) atoms. The molecular formula is C16H17ClN2O4S. The zero-order chi connectivity index (χ0) is 17.9. The molecule has 0 aliphatic rings. The molecule has 6 nitrogen and oxygen atoms in total. The van der Waals surface area contributed by atoms with E-state index in [1.807, 2.05) is 6.92 Å². The second-order valence-electron chi connectivity index (χ2n) is 5.17. The second-order valence-corrected chi connectivity index (χ2v) is 7.26. The number of methoxy groups -OCH3 is 1. The van der Waals surface area contributed by atoms with Crippen molar-refractivity contribution in [3.8, 4) is 5.75 Å². The SMILES string of the molecule is COc1ccc(Cl)cc1C(=O)NNS(=O)(=O)c1ccc(C)cc1C. The van der Waals surface area contributed by atoms with E-state index in [9.17, 15) is 13.2 Å². The van der Waals surface area contributed by atoms with Crippen molar-refractivity contribution in [2.45, 2.75) is 18.7 Å². The van der Waals surface area contributed by atoms with Gasteiger partial charge in [0.1, 0.15) is 5.75 Å². The summed E-state index contributed by atoms with van der Waals surface area (Å²) in [7, 11) is -2.49. The van der Waals surface area contributed by atoms with Crippen molar-refractivity contribution >= 4 is 27.5 Å². The molecule has 128 valence electrons. The summed E-state index contributed by atoms with van der Waals surface area (Å²) in [6, 6.07) is 9.40. The average Bonchev–Trinajstić information content (AvgIpc) is 2.52. The lowest BCUT2D eigenvalue weighted by atomic mass is 10.2. The van der Waals surface area contributed by atoms with Crippen molar-refractivity contribution in [1.29, 1.82) is 0 Å². The predicted molar refractivity (Wildman–Crippen MR) is 91.7 cm³/mol. The normalized spacial score (nSPS) is 11.2. The third kappa shape index (κ3) is 4.05. The van der Waals surface area contributed by atoms with Crippen LogP contribution in [0.25, 0.3) is 0 Å². The first-order valence-corrected chi connectivity index (χ1v) is 8.83. The van der Waals surface area contributed by atoms with Crippen molar-refractivity contribution in [1.82, 2.24) is 10.3 Å². The Kier molecular flexibility index (Phi) is 5.48. The number of hydrogen-bond acceptors (Lipinski definition) is 4. The molecule has 1 amide bonds. The highest BCUT2D eigenvalue weighted by Gasteiger charge is 2.19. The summed E-state index contributed by atoms with van der Waals surface area (Å²) in [5.74, 6) is -0.398. The summed E-state index contributed by atoms with van der Waals surface area (Å²) in [6.07, 6.45) is 0. The molecule has 0 aliphatic heterocycles. The first-order valence-electron chi connectivity index (χ1n) is 6.97. The van der Waals surface area contributed by atoms with E-state index < -0.39 is 15.9 Å². The number of carbonyl (C=O) groups excluding carboxylic acids is 1. The quantitative estimate of drug-likeness (QED) is 0.794. The number of rotatable bonds is 5. The van der Waals surface area contributed by atoms with E-state index in [0.717, 1.165) is 5.56 Å². The number of amides is 1. The molecule has 0 spiro atoms. The van der Waals surface area contributed by atoms with Gasteiger partial charge in [-0.25, -0.2) is 8.42 Å². The maximum atomic E-state index is 12.3. The Balaban J connectivity index is 2.20. The molecule has 2 aromatic rings. The monoisotopic (exact) mass is 368 g/mol. The van der Waals surface area contributed by atoms with E-state index in [2.05, 4.69) is 10.3 Å². The van der Waals surface area contributed by atoms with Crippen LogP contribution in [0.4, 0.5) is 0 Å². The molecule has 0 radical (unpaired) electrons. The van der Waals surface area contributed by atoms with Gasteiger partial charge in [-0.2, -0.15) is 0 Å². The molecule has 2 rings (SSSR count). The average molecular weight is 369 g/mol. The molecule has 0 bridgehead atoms. The van der Waals surface area contributed by atoms with Crippen molar-refractivity contribution in [3.05, 3.63) is 58.1 Å². The Bertz CT molecular complexity index is 882. The number of hydrogen-bond donors (Lipinski definition) is 2. The van der Waals surface area contributed by atoms with Gasteiger partial charge in [0.25, 0.3) is 15.9 Å². The van der Waals surface area contributed by atoms with E-state index in [-0.39, 0.29) is 16.2 Å². The highest BCUT2D eigenvalue weighted by molar-refractivity contribution is 7.89. The second kappa shape index (κ2) is 7.21. The van der Waals surface area contributed by atoms with Crippen LogP contribution in [0.2, 0.25) is 5.02 Å². The topological polar surface area (TPSA) is 84.5 Å². The van der Waals surface area contributed by atoms with Crippen LogP contribution >= 0.6 is 11.6 Å². The van der Waals surface area contributed by atoms with Gasteiger partial charge < -0.3 is 4.74 Å². The minimum Gasteiger partial charge on any atom is -0.496 e. The van der Waals surface area contributed by atoms with Gasteiger partial charge in [0.05, 0.1) is 17.6 Å². The zero-order valence-electron chi connectivity index (χ0n) is 13.4. The maximum Gasteiger partial charge on any atom is 0.270 e.